The summed E-state index contributed by atoms with van der Waals surface area (Å²) in [6.07, 6.45) is 4.37. The number of hydrogen-bond donors (Lipinski definition) is 0. The van der Waals surface area contributed by atoms with Crippen LogP contribution >= 0.6 is 34.2 Å². The predicted molar refractivity (Wildman–Crippen MR) is 87.9 cm³/mol. The fraction of sp³-hybridized carbons (Fsp3) is 0.533. The van der Waals surface area contributed by atoms with Crippen LogP contribution in [0, 0.1) is 10.5 Å². The number of aryl methyl sites for hydroxylation is 1. The first-order valence-corrected chi connectivity index (χ1v) is 8.38. The maximum Gasteiger partial charge on any atom is 0.255 e. The van der Waals surface area contributed by atoms with Crippen LogP contribution in [-0.2, 0) is 0 Å². The van der Waals surface area contributed by atoms with Crippen molar-refractivity contribution in [3.63, 3.8) is 0 Å². The minimum Gasteiger partial charge on any atom is -0.336 e. The van der Waals surface area contributed by atoms with Crippen molar-refractivity contribution in [1.82, 2.24) is 4.90 Å². The number of carbonyl (C=O) groups excluding carboxylic acids is 1. The van der Waals surface area contributed by atoms with E-state index in [-0.39, 0.29) is 5.91 Å². The summed E-state index contributed by atoms with van der Waals surface area (Å²) in [5.41, 5.74) is 2.00. The maximum absolute atomic E-state index is 12.7. The van der Waals surface area contributed by atoms with Gasteiger partial charge in [-0.15, -0.1) is 11.6 Å². The van der Waals surface area contributed by atoms with E-state index in [2.05, 4.69) is 22.6 Å². The number of rotatable bonds is 5. The molecule has 1 aliphatic rings. The summed E-state index contributed by atoms with van der Waals surface area (Å²) < 4.78 is 1.07. The average Bonchev–Trinajstić information content (AvgIpc) is 2.34. The van der Waals surface area contributed by atoms with Crippen molar-refractivity contribution >= 4 is 40.1 Å². The Morgan fingerprint density at radius 3 is 2.79 bits per heavy atom. The van der Waals surface area contributed by atoms with Gasteiger partial charge in [0.25, 0.3) is 5.91 Å². The van der Waals surface area contributed by atoms with Gasteiger partial charge in [0.05, 0.1) is 5.56 Å². The summed E-state index contributed by atoms with van der Waals surface area (Å²) in [7, 11) is 0. The van der Waals surface area contributed by atoms with Gasteiger partial charge in [0, 0.05) is 22.0 Å². The summed E-state index contributed by atoms with van der Waals surface area (Å²) >= 11 is 8.05. The van der Waals surface area contributed by atoms with E-state index in [1.807, 2.05) is 30.0 Å². The molecule has 0 saturated heterocycles. The fourth-order valence-electron chi connectivity index (χ4n) is 2.35. The molecule has 0 radical (unpaired) electrons. The van der Waals surface area contributed by atoms with E-state index in [0.717, 1.165) is 40.5 Å². The van der Waals surface area contributed by atoms with Gasteiger partial charge in [0.1, 0.15) is 0 Å². The zero-order chi connectivity index (χ0) is 13.8. The van der Waals surface area contributed by atoms with E-state index in [1.165, 1.54) is 6.42 Å². The average molecular weight is 392 g/mol. The molecule has 1 aromatic rings. The lowest BCUT2D eigenvalue weighted by Crippen LogP contribution is -2.45. The van der Waals surface area contributed by atoms with Gasteiger partial charge >= 0.3 is 0 Å². The molecule has 0 spiro atoms. The van der Waals surface area contributed by atoms with E-state index in [9.17, 15) is 4.79 Å². The Bertz CT molecular complexity index is 459. The molecule has 0 unspecified atom stereocenters. The van der Waals surface area contributed by atoms with Crippen LogP contribution in [-0.4, -0.2) is 29.3 Å². The molecule has 0 N–H and O–H groups in total. The molecule has 1 fully saturated rings. The van der Waals surface area contributed by atoms with E-state index in [1.54, 1.807) is 0 Å². The highest BCUT2D eigenvalue weighted by atomic mass is 127. The molecular weight excluding hydrogens is 373 g/mol. The molecule has 19 heavy (non-hydrogen) atoms. The first kappa shape index (κ1) is 15.1. The third-order valence-electron chi connectivity index (χ3n) is 3.73. The minimum absolute atomic E-state index is 0.169. The summed E-state index contributed by atoms with van der Waals surface area (Å²) in [6.45, 7) is 2.82. The second-order valence-corrected chi connectivity index (χ2v) is 6.52. The highest BCUT2D eigenvalue weighted by Crippen LogP contribution is 2.28. The number of amides is 1. The molecule has 0 aromatic heterocycles. The number of alkyl halides is 1. The Hall–Kier alpha value is -0.290. The molecule has 2 nitrogen and oxygen atoms in total. The first-order chi connectivity index (χ1) is 9.15. The lowest BCUT2D eigenvalue weighted by atomic mass is 9.90. The smallest absolute Gasteiger partial charge is 0.255 e. The van der Waals surface area contributed by atoms with Crippen molar-refractivity contribution in [2.75, 3.05) is 12.4 Å². The van der Waals surface area contributed by atoms with Gasteiger partial charge in [-0.3, -0.25) is 4.79 Å². The molecular formula is C15H19ClINO. The van der Waals surface area contributed by atoms with E-state index in [4.69, 9.17) is 11.6 Å². The summed E-state index contributed by atoms with van der Waals surface area (Å²) in [6, 6.07) is 6.37. The lowest BCUT2D eigenvalue weighted by molar-refractivity contribution is 0.0579. The first-order valence-electron chi connectivity index (χ1n) is 6.77. The highest BCUT2D eigenvalue weighted by Gasteiger charge is 2.29. The Morgan fingerprint density at radius 1 is 1.47 bits per heavy atom. The number of nitrogens with zero attached hydrogens (tertiary/aromatic N) is 1. The van der Waals surface area contributed by atoms with Crippen LogP contribution in [0.2, 0.25) is 0 Å². The second-order valence-electron chi connectivity index (χ2n) is 5.06. The monoisotopic (exact) mass is 391 g/mol. The second kappa shape index (κ2) is 6.93. The Kier molecular flexibility index (Phi) is 5.51. The van der Waals surface area contributed by atoms with Gasteiger partial charge in [0.15, 0.2) is 0 Å². The molecule has 0 atom stereocenters. The van der Waals surface area contributed by atoms with Crippen LogP contribution in [0.15, 0.2) is 18.2 Å². The normalized spacial score (nSPS) is 15.1. The molecule has 0 bridgehead atoms. The largest absolute Gasteiger partial charge is 0.336 e. The van der Waals surface area contributed by atoms with Crippen molar-refractivity contribution < 1.29 is 4.79 Å². The van der Waals surface area contributed by atoms with Crippen LogP contribution in [0.25, 0.3) is 0 Å². The van der Waals surface area contributed by atoms with Crippen molar-refractivity contribution in [1.29, 1.82) is 0 Å². The minimum atomic E-state index is 0.169. The van der Waals surface area contributed by atoms with Crippen molar-refractivity contribution in [3.05, 3.63) is 32.9 Å². The summed E-state index contributed by atoms with van der Waals surface area (Å²) in [4.78, 5) is 14.8. The molecule has 2 rings (SSSR count). The molecule has 1 saturated carbocycles. The number of benzene rings is 1. The lowest BCUT2D eigenvalue weighted by Gasteiger charge is -2.38. The quantitative estimate of drug-likeness (QED) is 0.543. The third-order valence-corrected chi connectivity index (χ3v) is 5.43. The molecule has 0 heterocycles. The van der Waals surface area contributed by atoms with Gasteiger partial charge in [-0.25, -0.2) is 0 Å². The Morgan fingerprint density at radius 2 is 2.21 bits per heavy atom. The maximum atomic E-state index is 12.7. The van der Waals surface area contributed by atoms with Crippen LogP contribution in [0.4, 0.5) is 0 Å². The molecule has 1 amide bonds. The molecule has 1 aromatic carbocycles. The number of halogens is 2. The number of carbonyl (C=O) groups is 1. The van der Waals surface area contributed by atoms with E-state index in [0.29, 0.717) is 11.9 Å². The zero-order valence-electron chi connectivity index (χ0n) is 11.2. The predicted octanol–water partition coefficient (Wildman–Crippen LogP) is 4.22. The van der Waals surface area contributed by atoms with Gasteiger partial charge < -0.3 is 4.90 Å². The Labute approximate surface area is 133 Å². The van der Waals surface area contributed by atoms with Crippen molar-refractivity contribution in [2.24, 2.45) is 0 Å². The highest BCUT2D eigenvalue weighted by molar-refractivity contribution is 14.1. The molecule has 104 valence electrons. The van der Waals surface area contributed by atoms with Gasteiger partial charge in [-0.1, -0.05) is 12.1 Å². The van der Waals surface area contributed by atoms with Gasteiger partial charge in [0.2, 0.25) is 0 Å². The number of hydrogen-bond acceptors (Lipinski definition) is 1. The van der Waals surface area contributed by atoms with E-state index < -0.39 is 0 Å². The van der Waals surface area contributed by atoms with Crippen LogP contribution in [0.3, 0.4) is 0 Å². The zero-order valence-corrected chi connectivity index (χ0v) is 14.1. The van der Waals surface area contributed by atoms with Crippen LogP contribution < -0.4 is 0 Å². The topological polar surface area (TPSA) is 20.3 Å². The SMILES string of the molecule is Cc1cccc(C(=O)N(CCCCl)C2CCC2)c1I. The van der Waals surface area contributed by atoms with Crippen LogP contribution in [0.1, 0.15) is 41.6 Å². The fourth-order valence-corrected chi connectivity index (χ4v) is 3.06. The summed E-state index contributed by atoms with van der Waals surface area (Å²) in [5, 5.41) is 0. The third kappa shape index (κ3) is 3.43. The Balaban J connectivity index is 2.20. The van der Waals surface area contributed by atoms with Crippen LogP contribution in [0.5, 0.6) is 0 Å². The van der Waals surface area contributed by atoms with Gasteiger partial charge in [-0.05, 0) is 66.8 Å². The van der Waals surface area contributed by atoms with Crippen molar-refractivity contribution in [2.45, 2.75) is 38.6 Å². The summed E-state index contributed by atoms with van der Waals surface area (Å²) in [5.74, 6) is 0.782. The molecule has 0 aliphatic heterocycles. The standard InChI is InChI=1S/C15H19ClINO/c1-11-5-2-8-13(14(11)17)15(19)18(10-4-9-16)12-6-3-7-12/h2,5,8,12H,3-4,6-7,9-10H2,1H3. The van der Waals surface area contributed by atoms with E-state index >= 15 is 0 Å². The molecule has 1 aliphatic carbocycles. The molecule has 4 heteroatoms. The van der Waals surface area contributed by atoms with Gasteiger partial charge in [-0.2, -0.15) is 0 Å². The van der Waals surface area contributed by atoms with Crippen molar-refractivity contribution in [3.8, 4) is 0 Å².